The average Bonchev–Trinajstić information content (AvgIpc) is 3.09. The Kier molecular flexibility index (Phi) is 4.77. The van der Waals surface area contributed by atoms with Crippen molar-refractivity contribution in [2.45, 2.75) is 32.4 Å². The summed E-state index contributed by atoms with van der Waals surface area (Å²) >= 11 is 0. The summed E-state index contributed by atoms with van der Waals surface area (Å²) in [6.07, 6.45) is 2.27. The highest BCUT2D eigenvalue weighted by atomic mass is 16.4. The van der Waals surface area contributed by atoms with Crippen LogP contribution in [0.15, 0.2) is 63.8 Å². The van der Waals surface area contributed by atoms with Gasteiger partial charge in [0.15, 0.2) is 0 Å². The molecule has 1 unspecified atom stereocenters. The number of hydrogen-bond donors (Lipinski definition) is 1. The zero-order chi connectivity index (χ0) is 18.8. The van der Waals surface area contributed by atoms with E-state index in [0.717, 1.165) is 30.3 Å². The lowest BCUT2D eigenvalue weighted by atomic mass is 10.0. The van der Waals surface area contributed by atoms with Gasteiger partial charge in [-0.1, -0.05) is 30.3 Å². The third-order valence-electron chi connectivity index (χ3n) is 5.07. The van der Waals surface area contributed by atoms with Gasteiger partial charge in [-0.2, -0.15) is 0 Å². The van der Waals surface area contributed by atoms with Crippen LogP contribution in [0.4, 0.5) is 5.69 Å². The largest absolute Gasteiger partial charge is 0.423 e. The Hall–Kier alpha value is -2.92. The summed E-state index contributed by atoms with van der Waals surface area (Å²) in [5, 5.41) is 3.63. The second-order valence-corrected chi connectivity index (χ2v) is 7.02. The first-order chi connectivity index (χ1) is 13.1. The summed E-state index contributed by atoms with van der Waals surface area (Å²) in [5.74, 6) is -0.157. The van der Waals surface area contributed by atoms with Gasteiger partial charge in [-0.15, -0.1) is 0 Å². The normalized spacial score (nSPS) is 17.3. The standard InChI is InChI=1S/C22H22N2O3/c1-15(25)23-18-9-10-19-17(12-22(26)27-21(19)13-18)14-24-11-5-8-20(24)16-6-3-2-4-7-16/h2-4,6-7,9-10,12-13,20H,5,8,11,14H2,1H3,(H,23,25). The van der Waals surface area contributed by atoms with Crippen LogP contribution in [0.1, 0.15) is 36.9 Å². The summed E-state index contributed by atoms with van der Waals surface area (Å²) in [7, 11) is 0. The molecule has 5 heteroatoms. The topological polar surface area (TPSA) is 62.6 Å². The van der Waals surface area contributed by atoms with Crippen molar-refractivity contribution >= 4 is 22.6 Å². The van der Waals surface area contributed by atoms with Gasteiger partial charge in [-0.25, -0.2) is 4.79 Å². The molecule has 138 valence electrons. The number of rotatable bonds is 4. The summed E-state index contributed by atoms with van der Waals surface area (Å²) in [6.45, 7) is 3.15. The van der Waals surface area contributed by atoms with Crippen LogP contribution in [0.5, 0.6) is 0 Å². The molecule has 1 aliphatic rings. The van der Waals surface area contributed by atoms with Crippen LogP contribution < -0.4 is 10.9 Å². The Balaban J connectivity index is 1.67. The number of nitrogens with one attached hydrogen (secondary N) is 1. The molecule has 2 aromatic carbocycles. The van der Waals surface area contributed by atoms with E-state index in [4.69, 9.17) is 4.42 Å². The maximum Gasteiger partial charge on any atom is 0.336 e. The van der Waals surface area contributed by atoms with Crippen molar-refractivity contribution in [2.24, 2.45) is 0 Å². The molecule has 4 rings (SSSR count). The Morgan fingerprint density at radius 3 is 2.78 bits per heavy atom. The minimum atomic E-state index is -0.368. The van der Waals surface area contributed by atoms with Crippen LogP contribution in [0.3, 0.4) is 0 Å². The molecule has 1 amide bonds. The van der Waals surface area contributed by atoms with Crippen molar-refractivity contribution in [3.63, 3.8) is 0 Å². The molecule has 1 saturated heterocycles. The first-order valence-corrected chi connectivity index (χ1v) is 9.23. The van der Waals surface area contributed by atoms with Gasteiger partial charge in [0.2, 0.25) is 5.91 Å². The number of carbonyl (C=O) groups excluding carboxylic acids is 1. The first kappa shape index (κ1) is 17.5. The number of anilines is 1. The third-order valence-corrected chi connectivity index (χ3v) is 5.07. The van der Waals surface area contributed by atoms with Crippen LogP contribution in [0.2, 0.25) is 0 Å². The summed E-state index contributed by atoms with van der Waals surface area (Å²) in [6, 6.07) is 17.9. The van der Waals surface area contributed by atoms with E-state index in [1.165, 1.54) is 12.5 Å². The van der Waals surface area contributed by atoms with Crippen LogP contribution in [0.25, 0.3) is 11.0 Å². The van der Waals surface area contributed by atoms with E-state index < -0.39 is 0 Å². The molecule has 1 aromatic heterocycles. The van der Waals surface area contributed by atoms with Gasteiger partial charge in [0, 0.05) is 42.7 Å². The Morgan fingerprint density at radius 1 is 1.19 bits per heavy atom. The fourth-order valence-corrected chi connectivity index (χ4v) is 3.93. The van der Waals surface area contributed by atoms with Gasteiger partial charge in [-0.05, 0) is 42.6 Å². The van der Waals surface area contributed by atoms with E-state index in [2.05, 4.69) is 34.5 Å². The van der Waals surface area contributed by atoms with E-state index in [-0.39, 0.29) is 11.5 Å². The van der Waals surface area contributed by atoms with Crippen molar-refractivity contribution in [1.82, 2.24) is 4.90 Å². The van der Waals surface area contributed by atoms with E-state index in [0.29, 0.717) is 23.9 Å². The van der Waals surface area contributed by atoms with Gasteiger partial charge in [0.05, 0.1) is 0 Å². The molecule has 1 aliphatic heterocycles. The second kappa shape index (κ2) is 7.37. The monoisotopic (exact) mass is 362 g/mol. The number of carbonyl (C=O) groups is 1. The fraction of sp³-hybridized carbons (Fsp3) is 0.273. The van der Waals surface area contributed by atoms with Crippen molar-refractivity contribution in [3.05, 3.63) is 76.1 Å². The molecular formula is C22H22N2O3. The zero-order valence-electron chi connectivity index (χ0n) is 15.3. The number of fused-ring (bicyclic) bond motifs is 1. The molecule has 27 heavy (non-hydrogen) atoms. The van der Waals surface area contributed by atoms with Crippen molar-refractivity contribution < 1.29 is 9.21 Å². The Labute approximate surface area is 157 Å². The molecule has 0 radical (unpaired) electrons. The summed E-state index contributed by atoms with van der Waals surface area (Å²) < 4.78 is 5.38. The van der Waals surface area contributed by atoms with E-state index in [1.54, 1.807) is 12.1 Å². The summed E-state index contributed by atoms with van der Waals surface area (Å²) in [5.41, 5.74) is 3.03. The van der Waals surface area contributed by atoms with Gasteiger partial charge in [0.1, 0.15) is 5.58 Å². The number of likely N-dealkylation sites (tertiary alicyclic amines) is 1. The predicted molar refractivity (Wildman–Crippen MR) is 106 cm³/mol. The molecule has 2 heterocycles. The van der Waals surface area contributed by atoms with Crippen LogP contribution in [-0.2, 0) is 11.3 Å². The minimum Gasteiger partial charge on any atom is -0.423 e. The highest BCUT2D eigenvalue weighted by Gasteiger charge is 2.26. The third kappa shape index (κ3) is 3.78. The van der Waals surface area contributed by atoms with Gasteiger partial charge in [0.25, 0.3) is 0 Å². The smallest absolute Gasteiger partial charge is 0.336 e. The lowest BCUT2D eigenvalue weighted by Crippen LogP contribution is -2.23. The minimum absolute atomic E-state index is 0.157. The van der Waals surface area contributed by atoms with E-state index in [1.807, 2.05) is 18.2 Å². The number of hydrogen-bond acceptors (Lipinski definition) is 4. The van der Waals surface area contributed by atoms with Gasteiger partial charge >= 0.3 is 5.63 Å². The second-order valence-electron chi connectivity index (χ2n) is 7.02. The molecule has 1 atom stereocenters. The Bertz CT molecular complexity index is 1030. The molecule has 3 aromatic rings. The van der Waals surface area contributed by atoms with Gasteiger partial charge < -0.3 is 9.73 Å². The lowest BCUT2D eigenvalue weighted by molar-refractivity contribution is -0.114. The molecule has 0 bridgehead atoms. The molecule has 0 saturated carbocycles. The van der Waals surface area contributed by atoms with E-state index >= 15 is 0 Å². The SMILES string of the molecule is CC(=O)Nc1ccc2c(CN3CCCC3c3ccccc3)cc(=O)oc2c1. The number of nitrogens with zero attached hydrogens (tertiary/aromatic N) is 1. The molecule has 0 spiro atoms. The maximum atomic E-state index is 12.1. The van der Waals surface area contributed by atoms with Crippen LogP contribution in [0, 0.1) is 0 Å². The molecule has 1 fully saturated rings. The summed E-state index contributed by atoms with van der Waals surface area (Å²) in [4.78, 5) is 25.8. The van der Waals surface area contributed by atoms with Crippen molar-refractivity contribution in [1.29, 1.82) is 0 Å². The Morgan fingerprint density at radius 2 is 2.00 bits per heavy atom. The number of amides is 1. The van der Waals surface area contributed by atoms with Crippen LogP contribution in [-0.4, -0.2) is 17.4 Å². The molecule has 0 aliphatic carbocycles. The molecule has 1 N–H and O–H groups in total. The maximum absolute atomic E-state index is 12.1. The lowest BCUT2D eigenvalue weighted by Gasteiger charge is -2.25. The molecule has 5 nitrogen and oxygen atoms in total. The van der Waals surface area contributed by atoms with Crippen molar-refractivity contribution in [2.75, 3.05) is 11.9 Å². The highest BCUT2D eigenvalue weighted by Crippen LogP contribution is 2.34. The number of benzene rings is 2. The average molecular weight is 362 g/mol. The highest BCUT2D eigenvalue weighted by molar-refractivity contribution is 5.92. The first-order valence-electron chi connectivity index (χ1n) is 9.23. The fourth-order valence-electron chi connectivity index (χ4n) is 3.93. The van der Waals surface area contributed by atoms with E-state index in [9.17, 15) is 9.59 Å². The van der Waals surface area contributed by atoms with Crippen molar-refractivity contribution in [3.8, 4) is 0 Å². The van der Waals surface area contributed by atoms with Gasteiger partial charge in [-0.3, -0.25) is 9.69 Å². The zero-order valence-corrected chi connectivity index (χ0v) is 15.3. The van der Waals surface area contributed by atoms with Crippen LogP contribution >= 0.6 is 0 Å². The predicted octanol–water partition coefficient (Wildman–Crippen LogP) is 4.09. The quantitative estimate of drug-likeness (QED) is 0.710. The molecular weight excluding hydrogens is 340 g/mol.